The molecule has 0 aliphatic carbocycles. The van der Waals surface area contributed by atoms with Gasteiger partial charge in [-0.25, -0.2) is 4.98 Å². The molecule has 0 unspecified atom stereocenters. The first kappa shape index (κ1) is 14.9. The molecule has 0 aliphatic heterocycles. The van der Waals surface area contributed by atoms with Crippen LogP contribution in [0.4, 0.5) is 10.3 Å². The molecule has 2 heterocycles. The minimum absolute atomic E-state index is 0.174. The molecule has 8 heteroatoms. The second-order valence-electron chi connectivity index (χ2n) is 4.91. The van der Waals surface area contributed by atoms with E-state index in [1.54, 1.807) is 19.2 Å². The predicted molar refractivity (Wildman–Crippen MR) is 96.5 cm³/mol. The van der Waals surface area contributed by atoms with Crippen LogP contribution in [0.1, 0.15) is 0 Å². The second-order valence-corrected chi connectivity index (χ2v) is 6.92. The van der Waals surface area contributed by atoms with Crippen LogP contribution in [-0.4, -0.2) is 27.4 Å². The molecular weight excluding hydrogens is 344 g/mol. The van der Waals surface area contributed by atoms with Crippen molar-refractivity contribution < 1.29 is 9.84 Å². The Hall–Kier alpha value is -2.71. The number of aromatic hydroxyl groups is 1. The fourth-order valence-electron chi connectivity index (χ4n) is 2.20. The Morgan fingerprint density at radius 2 is 1.83 bits per heavy atom. The van der Waals surface area contributed by atoms with Gasteiger partial charge < -0.3 is 15.2 Å². The first-order valence-corrected chi connectivity index (χ1v) is 8.70. The number of benzene rings is 2. The van der Waals surface area contributed by atoms with E-state index < -0.39 is 0 Å². The van der Waals surface area contributed by atoms with Crippen LogP contribution < -0.4 is 10.1 Å². The van der Waals surface area contributed by atoms with Crippen LogP contribution in [0.25, 0.3) is 20.8 Å². The number of hydrogen-bond acceptors (Lipinski definition) is 8. The van der Waals surface area contributed by atoms with Gasteiger partial charge in [-0.05, 0) is 36.4 Å². The topological polar surface area (TPSA) is 80.2 Å². The molecule has 0 saturated heterocycles. The van der Waals surface area contributed by atoms with Crippen molar-refractivity contribution in [2.45, 2.75) is 0 Å². The number of fused-ring (bicyclic) bond motifs is 1. The second kappa shape index (κ2) is 6.06. The molecule has 0 radical (unpaired) electrons. The van der Waals surface area contributed by atoms with Crippen molar-refractivity contribution in [2.24, 2.45) is 0 Å². The summed E-state index contributed by atoms with van der Waals surface area (Å²) < 4.78 is 6.07. The zero-order chi connectivity index (χ0) is 16.5. The standard InChI is InChI=1S/C16H12N4O2S2/c1-22-10-7-5-9(6-8-10)14-19-20-16(24-14)18-15-17-13-11(21)3-2-4-12(13)23-15/h2-8,21H,1H3,(H,17,18,20). The van der Waals surface area contributed by atoms with Crippen molar-refractivity contribution in [1.82, 2.24) is 15.2 Å². The zero-order valence-electron chi connectivity index (χ0n) is 12.6. The van der Waals surface area contributed by atoms with Crippen molar-refractivity contribution in [1.29, 1.82) is 0 Å². The van der Waals surface area contributed by atoms with Crippen molar-refractivity contribution >= 4 is 43.2 Å². The Morgan fingerprint density at radius 1 is 1.00 bits per heavy atom. The molecule has 2 aromatic heterocycles. The summed E-state index contributed by atoms with van der Waals surface area (Å²) in [5.41, 5.74) is 1.56. The van der Waals surface area contributed by atoms with Gasteiger partial charge in [0.05, 0.1) is 11.8 Å². The molecule has 0 atom stereocenters. The third kappa shape index (κ3) is 2.77. The molecule has 120 valence electrons. The number of rotatable bonds is 4. The molecule has 0 spiro atoms. The number of nitrogens with one attached hydrogen (secondary N) is 1. The summed E-state index contributed by atoms with van der Waals surface area (Å²) in [6.07, 6.45) is 0. The lowest BCUT2D eigenvalue weighted by molar-refractivity contribution is 0.415. The third-order valence-electron chi connectivity index (χ3n) is 3.37. The lowest BCUT2D eigenvalue weighted by atomic mass is 10.2. The highest BCUT2D eigenvalue weighted by Gasteiger charge is 2.11. The van der Waals surface area contributed by atoms with Crippen LogP contribution in [0, 0.1) is 0 Å². The zero-order valence-corrected chi connectivity index (χ0v) is 14.2. The maximum atomic E-state index is 9.83. The van der Waals surface area contributed by atoms with Crippen LogP contribution in [-0.2, 0) is 0 Å². The van der Waals surface area contributed by atoms with Crippen LogP contribution in [0.3, 0.4) is 0 Å². The van der Waals surface area contributed by atoms with Gasteiger partial charge in [-0.3, -0.25) is 0 Å². The minimum atomic E-state index is 0.174. The van der Waals surface area contributed by atoms with Gasteiger partial charge in [0.2, 0.25) is 5.13 Å². The first-order chi connectivity index (χ1) is 11.7. The van der Waals surface area contributed by atoms with Gasteiger partial charge in [-0.1, -0.05) is 28.7 Å². The first-order valence-electron chi connectivity index (χ1n) is 7.06. The SMILES string of the molecule is COc1ccc(-c2nnc(Nc3nc4c(O)cccc4s3)s2)cc1. The molecule has 0 bridgehead atoms. The molecule has 0 fully saturated rings. The number of aromatic nitrogens is 3. The summed E-state index contributed by atoms with van der Waals surface area (Å²) in [4.78, 5) is 4.39. The molecule has 0 aliphatic rings. The molecule has 2 N–H and O–H groups in total. The van der Waals surface area contributed by atoms with Crippen LogP contribution in [0.15, 0.2) is 42.5 Å². The lowest BCUT2D eigenvalue weighted by Gasteiger charge is -1.99. The number of methoxy groups -OCH3 is 1. The number of nitrogens with zero attached hydrogens (tertiary/aromatic N) is 3. The van der Waals surface area contributed by atoms with Crippen LogP contribution >= 0.6 is 22.7 Å². The van der Waals surface area contributed by atoms with E-state index >= 15 is 0 Å². The summed E-state index contributed by atoms with van der Waals surface area (Å²) in [5, 5.41) is 23.5. The van der Waals surface area contributed by atoms with E-state index in [1.807, 2.05) is 30.3 Å². The average Bonchev–Trinajstić information content (AvgIpc) is 3.23. The quantitative estimate of drug-likeness (QED) is 0.568. The largest absolute Gasteiger partial charge is 0.506 e. The maximum Gasteiger partial charge on any atom is 0.212 e. The Labute approximate surface area is 145 Å². The minimum Gasteiger partial charge on any atom is -0.506 e. The maximum absolute atomic E-state index is 9.83. The highest BCUT2D eigenvalue weighted by molar-refractivity contribution is 7.23. The summed E-state index contributed by atoms with van der Waals surface area (Å²) in [5.74, 6) is 0.976. The lowest BCUT2D eigenvalue weighted by Crippen LogP contribution is -1.87. The van der Waals surface area contributed by atoms with E-state index in [0.29, 0.717) is 15.8 Å². The van der Waals surface area contributed by atoms with Gasteiger partial charge in [-0.15, -0.1) is 10.2 Å². The number of anilines is 2. The highest BCUT2D eigenvalue weighted by atomic mass is 32.1. The molecule has 0 saturated carbocycles. The molecular formula is C16H12N4O2S2. The monoisotopic (exact) mass is 356 g/mol. The molecule has 0 amide bonds. The van der Waals surface area contributed by atoms with Crippen molar-refractivity contribution in [2.75, 3.05) is 12.4 Å². The Morgan fingerprint density at radius 3 is 2.58 bits per heavy atom. The van der Waals surface area contributed by atoms with E-state index in [2.05, 4.69) is 20.5 Å². The van der Waals surface area contributed by atoms with E-state index in [1.165, 1.54) is 22.7 Å². The summed E-state index contributed by atoms with van der Waals surface area (Å²) in [6, 6.07) is 13.0. The number of para-hydroxylation sites is 1. The smallest absolute Gasteiger partial charge is 0.212 e. The average molecular weight is 356 g/mol. The number of hydrogen-bond donors (Lipinski definition) is 2. The molecule has 6 nitrogen and oxygen atoms in total. The van der Waals surface area contributed by atoms with Crippen molar-refractivity contribution in [3.63, 3.8) is 0 Å². The van der Waals surface area contributed by atoms with Crippen LogP contribution in [0.5, 0.6) is 11.5 Å². The van der Waals surface area contributed by atoms with Gasteiger partial charge in [0.1, 0.15) is 22.0 Å². The van der Waals surface area contributed by atoms with E-state index in [9.17, 15) is 5.11 Å². The van der Waals surface area contributed by atoms with Crippen molar-refractivity contribution in [3.05, 3.63) is 42.5 Å². The number of ether oxygens (including phenoxy) is 1. The Balaban J connectivity index is 1.58. The Kier molecular flexibility index (Phi) is 3.75. The van der Waals surface area contributed by atoms with Gasteiger partial charge in [-0.2, -0.15) is 0 Å². The van der Waals surface area contributed by atoms with Gasteiger partial charge in [0.25, 0.3) is 0 Å². The van der Waals surface area contributed by atoms with Gasteiger partial charge in [0, 0.05) is 5.56 Å². The molecule has 4 rings (SSSR count). The summed E-state index contributed by atoms with van der Waals surface area (Å²) in [6.45, 7) is 0. The fourth-order valence-corrected chi connectivity index (χ4v) is 3.90. The Bertz CT molecular complexity index is 995. The number of phenols is 1. The van der Waals surface area contributed by atoms with Gasteiger partial charge in [0.15, 0.2) is 5.13 Å². The normalized spacial score (nSPS) is 10.9. The van der Waals surface area contributed by atoms with Gasteiger partial charge >= 0.3 is 0 Å². The molecule has 4 aromatic rings. The molecule has 2 aromatic carbocycles. The van der Waals surface area contributed by atoms with E-state index in [4.69, 9.17) is 4.74 Å². The van der Waals surface area contributed by atoms with Crippen LogP contribution in [0.2, 0.25) is 0 Å². The highest BCUT2D eigenvalue weighted by Crippen LogP contribution is 2.34. The van der Waals surface area contributed by atoms with E-state index in [-0.39, 0.29) is 5.75 Å². The van der Waals surface area contributed by atoms with Crippen molar-refractivity contribution in [3.8, 4) is 22.1 Å². The number of phenolic OH excluding ortho intramolecular Hbond substituents is 1. The molecule has 24 heavy (non-hydrogen) atoms. The predicted octanol–water partition coefficient (Wildman–Crippen LogP) is 4.27. The number of thiazole rings is 1. The summed E-state index contributed by atoms with van der Waals surface area (Å²) >= 11 is 2.89. The fraction of sp³-hybridized carbons (Fsp3) is 0.0625. The van der Waals surface area contributed by atoms with E-state index in [0.717, 1.165) is 21.0 Å². The third-order valence-corrected chi connectivity index (χ3v) is 5.20. The summed E-state index contributed by atoms with van der Waals surface area (Å²) in [7, 11) is 1.64.